The van der Waals surface area contributed by atoms with Crippen LogP contribution in [0.2, 0.25) is 0 Å². The zero-order valence-corrected chi connectivity index (χ0v) is 18.8. The highest BCUT2D eigenvalue weighted by atomic mass is 19.4. The topological polar surface area (TPSA) is 77.6 Å². The second-order valence-electron chi connectivity index (χ2n) is 8.01. The number of aromatic nitrogens is 5. The van der Waals surface area contributed by atoms with Gasteiger partial charge in [0, 0.05) is 31.2 Å². The predicted molar refractivity (Wildman–Crippen MR) is 124 cm³/mol. The van der Waals surface area contributed by atoms with Gasteiger partial charge in [-0.3, -0.25) is 14.1 Å². The summed E-state index contributed by atoms with van der Waals surface area (Å²) in [6.07, 6.45) is -1.70. The summed E-state index contributed by atoms with van der Waals surface area (Å²) in [6, 6.07) is 8.64. The molecule has 35 heavy (non-hydrogen) atoms. The molecular formula is C24H18F4N6O. The van der Waals surface area contributed by atoms with Gasteiger partial charge in [-0.15, -0.1) is 0 Å². The maximum Gasteiger partial charge on any atom is 0.419 e. The highest BCUT2D eigenvalue weighted by Crippen LogP contribution is 2.37. The lowest BCUT2D eigenvalue weighted by Gasteiger charge is -2.14. The first kappa shape index (κ1) is 22.5. The van der Waals surface area contributed by atoms with E-state index in [4.69, 9.17) is 0 Å². The summed E-state index contributed by atoms with van der Waals surface area (Å²) in [5.41, 5.74) is 1.64. The fourth-order valence-corrected chi connectivity index (χ4v) is 4.20. The van der Waals surface area contributed by atoms with Crippen molar-refractivity contribution in [2.24, 2.45) is 7.05 Å². The Labute approximate surface area is 195 Å². The molecule has 11 heteroatoms. The monoisotopic (exact) mass is 482 g/mol. The molecule has 0 aliphatic rings. The molecule has 4 aromatic heterocycles. The van der Waals surface area contributed by atoms with Crippen LogP contribution in [-0.4, -0.2) is 31.1 Å². The van der Waals surface area contributed by atoms with Gasteiger partial charge in [-0.25, -0.2) is 14.8 Å². The minimum absolute atomic E-state index is 0.250. The van der Waals surface area contributed by atoms with Crippen molar-refractivity contribution in [2.45, 2.75) is 13.1 Å². The molecule has 4 heterocycles. The van der Waals surface area contributed by atoms with Crippen molar-refractivity contribution in [1.29, 1.82) is 0 Å². The predicted octanol–water partition coefficient (Wildman–Crippen LogP) is 4.84. The molecule has 1 N–H and O–H groups in total. The van der Waals surface area contributed by atoms with Gasteiger partial charge in [-0.2, -0.15) is 17.6 Å². The Morgan fingerprint density at radius 1 is 1.00 bits per heavy atom. The number of aryl methyl sites for hydroxylation is 2. The number of benzene rings is 1. The first-order chi connectivity index (χ1) is 16.6. The Kier molecular flexibility index (Phi) is 5.08. The Morgan fingerprint density at radius 3 is 2.46 bits per heavy atom. The van der Waals surface area contributed by atoms with Crippen molar-refractivity contribution >= 4 is 27.8 Å². The molecule has 0 aliphatic carbocycles. The van der Waals surface area contributed by atoms with Crippen LogP contribution in [0, 0.1) is 12.9 Å². The number of hydrogen-bond donors (Lipinski definition) is 1. The zero-order chi connectivity index (χ0) is 25.1. The summed E-state index contributed by atoms with van der Waals surface area (Å²) in [5, 5.41) is 3.00. The van der Waals surface area contributed by atoms with E-state index in [0.717, 1.165) is 12.1 Å². The lowest BCUT2D eigenvalue weighted by molar-refractivity contribution is -0.137. The molecular weight excluding hydrogens is 464 g/mol. The number of rotatable bonds is 3. The van der Waals surface area contributed by atoms with Crippen molar-refractivity contribution in [3.8, 4) is 16.8 Å². The van der Waals surface area contributed by atoms with Gasteiger partial charge in [0.2, 0.25) is 5.95 Å². The van der Waals surface area contributed by atoms with Gasteiger partial charge < -0.3 is 5.32 Å². The maximum atomic E-state index is 13.6. The van der Waals surface area contributed by atoms with Crippen LogP contribution in [0.1, 0.15) is 11.3 Å². The second kappa shape index (κ2) is 7.90. The minimum atomic E-state index is -4.60. The van der Waals surface area contributed by atoms with Gasteiger partial charge in [0.1, 0.15) is 5.82 Å². The number of pyridine rings is 3. The Morgan fingerprint density at radius 2 is 1.77 bits per heavy atom. The SMILES string of the molecule is CNc1ncc(-c2ccc3ncc4c(c3c2)n(-c2ccc(F)nc2C)c(=O)n4C)cc1C(F)(F)F. The minimum Gasteiger partial charge on any atom is -0.373 e. The molecule has 7 nitrogen and oxygen atoms in total. The van der Waals surface area contributed by atoms with Crippen LogP contribution in [-0.2, 0) is 13.2 Å². The summed E-state index contributed by atoms with van der Waals surface area (Å²) < 4.78 is 57.2. The van der Waals surface area contributed by atoms with E-state index in [9.17, 15) is 22.4 Å². The molecule has 0 unspecified atom stereocenters. The number of alkyl halides is 3. The molecule has 0 aliphatic heterocycles. The van der Waals surface area contributed by atoms with Gasteiger partial charge in [-0.05, 0) is 42.8 Å². The molecule has 0 atom stereocenters. The van der Waals surface area contributed by atoms with Crippen LogP contribution in [0.4, 0.5) is 23.4 Å². The lowest BCUT2D eigenvalue weighted by atomic mass is 10.0. The van der Waals surface area contributed by atoms with Gasteiger partial charge in [0.05, 0.1) is 39.7 Å². The molecule has 0 amide bonds. The maximum absolute atomic E-state index is 13.6. The van der Waals surface area contributed by atoms with E-state index in [2.05, 4.69) is 20.3 Å². The van der Waals surface area contributed by atoms with E-state index in [1.165, 1.54) is 28.4 Å². The van der Waals surface area contributed by atoms with Crippen LogP contribution < -0.4 is 11.0 Å². The summed E-state index contributed by atoms with van der Waals surface area (Å²) in [4.78, 5) is 25.4. The van der Waals surface area contributed by atoms with Crippen molar-refractivity contribution < 1.29 is 17.6 Å². The van der Waals surface area contributed by atoms with Gasteiger partial charge in [0.25, 0.3) is 0 Å². The number of halogens is 4. The number of fused-ring (bicyclic) bond motifs is 3. The van der Waals surface area contributed by atoms with Crippen molar-refractivity contribution in [2.75, 3.05) is 12.4 Å². The van der Waals surface area contributed by atoms with Crippen molar-refractivity contribution in [1.82, 2.24) is 24.1 Å². The normalized spacial score (nSPS) is 12.0. The lowest BCUT2D eigenvalue weighted by Crippen LogP contribution is -2.21. The third kappa shape index (κ3) is 3.59. The third-order valence-corrected chi connectivity index (χ3v) is 5.91. The first-order valence-corrected chi connectivity index (χ1v) is 10.5. The molecule has 178 valence electrons. The van der Waals surface area contributed by atoms with Crippen LogP contribution in [0.15, 0.2) is 53.6 Å². The fraction of sp³-hybridized carbons (Fsp3) is 0.167. The second-order valence-corrected chi connectivity index (χ2v) is 8.01. The summed E-state index contributed by atoms with van der Waals surface area (Å²) >= 11 is 0. The first-order valence-electron chi connectivity index (χ1n) is 10.5. The smallest absolute Gasteiger partial charge is 0.373 e. The Bertz CT molecular complexity index is 1690. The molecule has 0 radical (unpaired) electrons. The molecule has 5 rings (SSSR count). The Balaban J connectivity index is 1.82. The molecule has 0 saturated carbocycles. The van der Waals surface area contributed by atoms with Crippen molar-refractivity contribution in [3.63, 3.8) is 0 Å². The molecule has 0 spiro atoms. The average Bonchev–Trinajstić information content (AvgIpc) is 3.08. The third-order valence-electron chi connectivity index (χ3n) is 5.91. The number of anilines is 1. The molecule has 5 aromatic rings. The van der Waals surface area contributed by atoms with Crippen molar-refractivity contribution in [3.05, 3.63) is 76.5 Å². The summed E-state index contributed by atoms with van der Waals surface area (Å²) in [5.74, 6) is -0.950. The number of hydrogen-bond acceptors (Lipinski definition) is 5. The highest BCUT2D eigenvalue weighted by Gasteiger charge is 2.34. The van der Waals surface area contributed by atoms with E-state index in [0.29, 0.717) is 38.9 Å². The van der Waals surface area contributed by atoms with Crippen LogP contribution in [0.3, 0.4) is 0 Å². The van der Waals surface area contributed by atoms with Crippen LogP contribution >= 0.6 is 0 Å². The van der Waals surface area contributed by atoms with E-state index in [1.54, 1.807) is 38.4 Å². The van der Waals surface area contributed by atoms with E-state index in [-0.39, 0.29) is 11.4 Å². The van der Waals surface area contributed by atoms with Gasteiger partial charge in [-0.1, -0.05) is 6.07 Å². The molecule has 0 bridgehead atoms. The molecule has 0 saturated heterocycles. The van der Waals surface area contributed by atoms with Gasteiger partial charge in [0.15, 0.2) is 0 Å². The number of nitrogens with one attached hydrogen (secondary N) is 1. The summed E-state index contributed by atoms with van der Waals surface area (Å²) in [7, 11) is 2.96. The Hall–Kier alpha value is -4.28. The van der Waals surface area contributed by atoms with E-state index in [1.807, 2.05) is 0 Å². The average molecular weight is 482 g/mol. The number of nitrogens with zero attached hydrogens (tertiary/aromatic N) is 5. The highest BCUT2D eigenvalue weighted by molar-refractivity contribution is 6.04. The summed E-state index contributed by atoms with van der Waals surface area (Å²) in [6.45, 7) is 1.59. The molecule has 0 fully saturated rings. The number of imidazole rings is 1. The van der Waals surface area contributed by atoms with Crippen LogP contribution in [0.25, 0.3) is 38.8 Å². The van der Waals surface area contributed by atoms with E-state index >= 15 is 0 Å². The van der Waals surface area contributed by atoms with Crippen LogP contribution in [0.5, 0.6) is 0 Å². The standard InChI is InChI=1S/C24H18F4N6O/c1-12-18(6-7-20(25)32-12)34-21-15-8-13(4-5-17(15)30-11-19(21)33(3)23(34)35)14-9-16(24(26,27)28)22(29-2)31-10-14/h4-11H,1-3H3,(H,29,31). The zero-order valence-electron chi connectivity index (χ0n) is 18.8. The van der Waals surface area contributed by atoms with E-state index < -0.39 is 23.4 Å². The quantitative estimate of drug-likeness (QED) is 0.294. The largest absolute Gasteiger partial charge is 0.419 e. The van der Waals surface area contributed by atoms with Gasteiger partial charge >= 0.3 is 11.9 Å². The fourth-order valence-electron chi connectivity index (χ4n) is 4.20. The molecule has 1 aromatic carbocycles.